The van der Waals surface area contributed by atoms with E-state index in [2.05, 4.69) is 10.6 Å². The standard InChI is InChI=1S/C21H24N2O5/c1-14-8-9-15(2)17(12-14)23-20(25)13-28-21(26)11-10-19(24)22-16-6-4-5-7-18(16)27-3/h4-9,12H,10-11,13H2,1-3H3,(H,22,24)(H,23,25). The maximum Gasteiger partial charge on any atom is 0.306 e. The average molecular weight is 384 g/mol. The summed E-state index contributed by atoms with van der Waals surface area (Å²) in [5.41, 5.74) is 3.13. The lowest BCUT2D eigenvalue weighted by Crippen LogP contribution is -2.22. The van der Waals surface area contributed by atoms with Crippen LogP contribution in [0.2, 0.25) is 0 Å². The summed E-state index contributed by atoms with van der Waals surface area (Å²) in [5.74, 6) is -0.866. The van der Waals surface area contributed by atoms with Gasteiger partial charge in [0.1, 0.15) is 5.75 Å². The topological polar surface area (TPSA) is 93.7 Å². The number of aryl methyl sites for hydroxylation is 2. The van der Waals surface area contributed by atoms with E-state index < -0.39 is 18.5 Å². The average Bonchev–Trinajstić information content (AvgIpc) is 2.68. The van der Waals surface area contributed by atoms with Gasteiger partial charge in [-0.15, -0.1) is 0 Å². The number of hydrogen-bond donors (Lipinski definition) is 2. The summed E-state index contributed by atoms with van der Waals surface area (Å²) in [4.78, 5) is 35.7. The molecule has 2 N–H and O–H groups in total. The van der Waals surface area contributed by atoms with Gasteiger partial charge in [0.15, 0.2) is 6.61 Å². The first-order valence-electron chi connectivity index (χ1n) is 8.84. The Morgan fingerprint density at radius 1 is 0.893 bits per heavy atom. The van der Waals surface area contributed by atoms with E-state index >= 15 is 0 Å². The summed E-state index contributed by atoms with van der Waals surface area (Å²) in [5, 5.41) is 5.38. The van der Waals surface area contributed by atoms with Gasteiger partial charge in [-0.1, -0.05) is 24.3 Å². The number of carbonyl (C=O) groups excluding carboxylic acids is 3. The molecule has 0 bridgehead atoms. The normalized spacial score (nSPS) is 10.1. The number of methoxy groups -OCH3 is 1. The Balaban J connectivity index is 1.74. The quantitative estimate of drug-likeness (QED) is 0.682. The number of rotatable bonds is 8. The molecule has 2 aromatic carbocycles. The first kappa shape index (κ1) is 21.0. The highest BCUT2D eigenvalue weighted by molar-refractivity contribution is 5.95. The molecule has 7 nitrogen and oxygen atoms in total. The molecule has 2 amide bonds. The minimum Gasteiger partial charge on any atom is -0.495 e. The second-order valence-corrected chi connectivity index (χ2v) is 6.28. The van der Waals surface area contributed by atoms with Gasteiger partial charge in [0.05, 0.1) is 19.2 Å². The fraction of sp³-hybridized carbons (Fsp3) is 0.286. The maximum absolute atomic E-state index is 12.0. The Morgan fingerprint density at radius 2 is 1.61 bits per heavy atom. The molecule has 0 spiro atoms. The third kappa shape index (κ3) is 6.42. The number of nitrogens with one attached hydrogen (secondary N) is 2. The first-order chi connectivity index (χ1) is 13.4. The molecule has 0 aliphatic heterocycles. The molecule has 0 saturated carbocycles. The van der Waals surface area contributed by atoms with Crippen LogP contribution >= 0.6 is 0 Å². The fourth-order valence-electron chi connectivity index (χ4n) is 2.45. The molecule has 0 fully saturated rings. The number of carbonyl (C=O) groups is 3. The molecule has 0 heterocycles. The molecule has 0 unspecified atom stereocenters. The van der Waals surface area contributed by atoms with E-state index in [9.17, 15) is 14.4 Å². The highest BCUT2D eigenvalue weighted by Crippen LogP contribution is 2.23. The summed E-state index contributed by atoms with van der Waals surface area (Å²) in [6.45, 7) is 3.40. The predicted molar refractivity (Wildman–Crippen MR) is 106 cm³/mol. The third-order valence-corrected chi connectivity index (χ3v) is 3.97. The van der Waals surface area contributed by atoms with Gasteiger partial charge < -0.3 is 20.1 Å². The van der Waals surface area contributed by atoms with Crippen LogP contribution in [0.3, 0.4) is 0 Å². The number of ether oxygens (including phenoxy) is 2. The van der Waals surface area contributed by atoms with Gasteiger partial charge in [-0.05, 0) is 43.2 Å². The van der Waals surface area contributed by atoms with Crippen LogP contribution in [0.1, 0.15) is 24.0 Å². The van der Waals surface area contributed by atoms with Crippen LogP contribution in [0.15, 0.2) is 42.5 Å². The van der Waals surface area contributed by atoms with Crippen LogP contribution in [0, 0.1) is 13.8 Å². The van der Waals surface area contributed by atoms with Crippen molar-refractivity contribution in [1.82, 2.24) is 0 Å². The van der Waals surface area contributed by atoms with Gasteiger partial charge >= 0.3 is 5.97 Å². The van der Waals surface area contributed by atoms with E-state index in [1.54, 1.807) is 24.3 Å². The molecule has 148 valence electrons. The van der Waals surface area contributed by atoms with Gasteiger partial charge in [0.2, 0.25) is 5.91 Å². The number of esters is 1. The summed E-state index contributed by atoms with van der Waals surface area (Å²) < 4.78 is 10.1. The van der Waals surface area contributed by atoms with Gasteiger partial charge in [0, 0.05) is 12.1 Å². The monoisotopic (exact) mass is 384 g/mol. The SMILES string of the molecule is COc1ccccc1NC(=O)CCC(=O)OCC(=O)Nc1cc(C)ccc1C. The van der Waals surface area contributed by atoms with Crippen molar-refractivity contribution in [3.05, 3.63) is 53.6 Å². The number of benzene rings is 2. The molecular weight excluding hydrogens is 360 g/mol. The number of amides is 2. The van der Waals surface area contributed by atoms with Crippen molar-refractivity contribution >= 4 is 29.2 Å². The van der Waals surface area contributed by atoms with E-state index in [0.29, 0.717) is 17.1 Å². The minimum absolute atomic E-state index is 0.0600. The molecule has 0 atom stereocenters. The Kier molecular flexibility index (Phi) is 7.56. The van der Waals surface area contributed by atoms with E-state index in [1.165, 1.54) is 7.11 Å². The van der Waals surface area contributed by atoms with Crippen molar-refractivity contribution < 1.29 is 23.9 Å². The summed E-state index contributed by atoms with van der Waals surface area (Å²) in [6.07, 6.45) is -0.187. The smallest absolute Gasteiger partial charge is 0.306 e. The Morgan fingerprint density at radius 3 is 2.36 bits per heavy atom. The number of hydrogen-bond acceptors (Lipinski definition) is 5. The summed E-state index contributed by atoms with van der Waals surface area (Å²) in [7, 11) is 1.51. The molecular formula is C21H24N2O5. The Hall–Kier alpha value is -3.35. The van der Waals surface area contributed by atoms with Crippen molar-refractivity contribution in [2.75, 3.05) is 24.4 Å². The largest absolute Gasteiger partial charge is 0.495 e. The van der Waals surface area contributed by atoms with Crippen molar-refractivity contribution in [2.24, 2.45) is 0 Å². The van der Waals surface area contributed by atoms with Crippen molar-refractivity contribution in [2.45, 2.75) is 26.7 Å². The molecule has 0 aliphatic carbocycles. The second-order valence-electron chi connectivity index (χ2n) is 6.28. The fourth-order valence-corrected chi connectivity index (χ4v) is 2.45. The molecule has 28 heavy (non-hydrogen) atoms. The first-order valence-corrected chi connectivity index (χ1v) is 8.84. The zero-order valence-electron chi connectivity index (χ0n) is 16.2. The number of para-hydroxylation sites is 2. The van der Waals surface area contributed by atoms with Crippen molar-refractivity contribution in [3.8, 4) is 5.75 Å². The van der Waals surface area contributed by atoms with Gasteiger partial charge in [0.25, 0.3) is 5.91 Å². The maximum atomic E-state index is 12.0. The molecule has 0 aromatic heterocycles. The summed E-state index contributed by atoms with van der Waals surface area (Å²) >= 11 is 0. The van der Waals surface area contributed by atoms with Crippen LogP contribution < -0.4 is 15.4 Å². The lowest BCUT2D eigenvalue weighted by atomic mass is 10.1. The van der Waals surface area contributed by atoms with Gasteiger partial charge in [-0.2, -0.15) is 0 Å². The van der Waals surface area contributed by atoms with Crippen LogP contribution in [0.4, 0.5) is 11.4 Å². The predicted octanol–water partition coefficient (Wildman–Crippen LogP) is 3.21. The Bertz CT molecular complexity index is 864. The van der Waals surface area contributed by atoms with Crippen LogP contribution in [0.5, 0.6) is 5.75 Å². The van der Waals surface area contributed by atoms with Crippen molar-refractivity contribution in [3.63, 3.8) is 0 Å². The van der Waals surface area contributed by atoms with Gasteiger partial charge in [-0.25, -0.2) is 0 Å². The third-order valence-electron chi connectivity index (χ3n) is 3.97. The summed E-state index contributed by atoms with van der Waals surface area (Å²) in [6, 6.07) is 12.7. The minimum atomic E-state index is -0.619. The zero-order chi connectivity index (χ0) is 20.5. The van der Waals surface area contributed by atoms with Crippen LogP contribution in [-0.2, 0) is 19.1 Å². The lowest BCUT2D eigenvalue weighted by Gasteiger charge is -2.10. The van der Waals surface area contributed by atoms with Crippen LogP contribution in [0.25, 0.3) is 0 Å². The molecule has 2 rings (SSSR count). The highest BCUT2D eigenvalue weighted by atomic mass is 16.5. The van der Waals surface area contributed by atoms with E-state index in [0.717, 1.165) is 11.1 Å². The molecule has 2 aromatic rings. The second kappa shape index (κ2) is 10.1. The van der Waals surface area contributed by atoms with Crippen LogP contribution in [-0.4, -0.2) is 31.5 Å². The molecule has 0 radical (unpaired) electrons. The van der Waals surface area contributed by atoms with E-state index in [4.69, 9.17) is 9.47 Å². The molecule has 7 heteroatoms. The highest BCUT2D eigenvalue weighted by Gasteiger charge is 2.12. The Labute approximate surface area is 164 Å². The lowest BCUT2D eigenvalue weighted by molar-refractivity contribution is -0.147. The van der Waals surface area contributed by atoms with E-state index in [-0.39, 0.29) is 18.7 Å². The van der Waals surface area contributed by atoms with E-state index in [1.807, 2.05) is 32.0 Å². The molecule has 0 saturated heterocycles. The van der Waals surface area contributed by atoms with Crippen molar-refractivity contribution in [1.29, 1.82) is 0 Å². The van der Waals surface area contributed by atoms with Gasteiger partial charge in [-0.3, -0.25) is 14.4 Å². The molecule has 0 aliphatic rings. The zero-order valence-corrected chi connectivity index (χ0v) is 16.2. The number of anilines is 2.